The second-order valence-electron chi connectivity index (χ2n) is 2.52. The fourth-order valence-electron chi connectivity index (χ4n) is 0.778. The lowest BCUT2D eigenvalue weighted by Crippen LogP contribution is -2.26. The van der Waals surface area contributed by atoms with Crippen LogP contribution in [0.3, 0.4) is 0 Å². The van der Waals surface area contributed by atoms with Gasteiger partial charge in [0.05, 0.1) is 6.54 Å². The third-order valence-corrected chi connectivity index (χ3v) is 1.57. The predicted octanol–water partition coefficient (Wildman–Crippen LogP) is -0.363. The van der Waals surface area contributed by atoms with Gasteiger partial charge in [0, 0.05) is 6.92 Å². The van der Waals surface area contributed by atoms with Crippen molar-refractivity contribution >= 4 is 18.1 Å². The normalized spacial score (nSPS) is 12.5. The van der Waals surface area contributed by atoms with Gasteiger partial charge in [-0.05, 0) is 12.2 Å². The average molecular weight is 202 g/mol. The van der Waals surface area contributed by atoms with Gasteiger partial charge in [0.2, 0.25) is 5.91 Å². The van der Waals surface area contributed by atoms with Gasteiger partial charge in [-0.3, -0.25) is 9.89 Å². The summed E-state index contributed by atoms with van der Waals surface area (Å²) in [5.41, 5.74) is 0. The molecule has 0 bridgehead atoms. The monoisotopic (exact) mass is 202 g/mol. The van der Waals surface area contributed by atoms with Crippen molar-refractivity contribution < 1.29 is 9.90 Å². The molecule has 13 heavy (non-hydrogen) atoms. The van der Waals surface area contributed by atoms with Crippen LogP contribution >= 0.6 is 12.2 Å². The Kier molecular flexibility index (Phi) is 3.15. The average Bonchev–Trinajstić information content (AvgIpc) is 2.47. The van der Waals surface area contributed by atoms with Gasteiger partial charge >= 0.3 is 0 Å². The summed E-state index contributed by atoms with van der Waals surface area (Å²) in [4.78, 5) is 13.1. The summed E-state index contributed by atoms with van der Waals surface area (Å²) in [5.74, 6) is 0.118. The Hall–Kier alpha value is -1.21. The van der Waals surface area contributed by atoms with E-state index >= 15 is 0 Å². The fraction of sp³-hybridized carbons (Fsp3) is 0.500. The molecule has 0 saturated carbocycles. The van der Waals surface area contributed by atoms with E-state index in [0.717, 1.165) is 0 Å². The highest BCUT2D eigenvalue weighted by Gasteiger charge is 2.10. The second-order valence-corrected chi connectivity index (χ2v) is 2.92. The highest BCUT2D eigenvalue weighted by Crippen LogP contribution is 2.03. The zero-order valence-corrected chi connectivity index (χ0v) is 7.81. The Bertz CT molecular complexity index is 344. The number of hydrogen-bond acceptors (Lipinski definition) is 4. The van der Waals surface area contributed by atoms with Crippen molar-refractivity contribution in [3.8, 4) is 0 Å². The number of nitrogens with zero attached hydrogens (tertiary/aromatic N) is 1. The summed E-state index contributed by atoms with van der Waals surface area (Å²) in [6.45, 7) is 1.49. The maximum absolute atomic E-state index is 10.5. The zero-order valence-electron chi connectivity index (χ0n) is 7.00. The minimum absolute atomic E-state index is 0.117. The number of carbonyl (C=O) groups excluding carboxylic acids is 1. The van der Waals surface area contributed by atoms with E-state index < -0.39 is 6.10 Å². The van der Waals surface area contributed by atoms with Crippen LogP contribution in [0.25, 0.3) is 0 Å². The molecule has 0 fully saturated rings. The molecule has 0 aliphatic heterocycles. The lowest BCUT2D eigenvalue weighted by atomic mass is 10.3. The van der Waals surface area contributed by atoms with Gasteiger partial charge in [-0.1, -0.05) is 0 Å². The molecule has 1 rings (SSSR count). The molecule has 0 aromatic carbocycles. The van der Waals surface area contributed by atoms with Gasteiger partial charge in [-0.2, -0.15) is 5.10 Å². The summed E-state index contributed by atoms with van der Waals surface area (Å²) in [5, 5.41) is 18.0. The zero-order chi connectivity index (χ0) is 9.84. The number of nitrogens with one attached hydrogen (secondary N) is 3. The van der Waals surface area contributed by atoms with Gasteiger partial charge < -0.3 is 15.4 Å². The van der Waals surface area contributed by atoms with Crippen LogP contribution in [0.5, 0.6) is 0 Å². The first-order valence-corrected chi connectivity index (χ1v) is 4.07. The maximum atomic E-state index is 10.5. The molecule has 1 amide bonds. The molecule has 1 unspecified atom stereocenters. The van der Waals surface area contributed by atoms with Crippen molar-refractivity contribution in [2.24, 2.45) is 0 Å². The number of H-pyrrole nitrogens is 2. The quantitative estimate of drug-likeness (QED) is 0.503. The SMILES string of the molecule is CC(=O)NCC(O)c1n[nH]c(=S)[nH]1. The molecule has 1 aromatic rings. The highest BCUT2D eigenvalue weighted by atomic mass is 32.1. The summed E-state index contributed by atoms with van der Waals surface area (Å²) in [6.07, 6.45) is -0.864. The van der Waals surface area contributed by atoms with E-state index in [1.165, 1.54) is 6.92 Å². The molecule has 72 valence electrons. The summed E-state index contributed by atoms with van der Waals surface area (Å²) in [6, 6.07) is 0. The number of amides is 1. The number of rotatable bonds is 3. The van der Waals surface area contributed by atoms with E-state index in [0.29, 0.717) is 10.6 Å². The molecule has 0 radical (unpaired) electrons. The van der Waals surface area contributed by atoms with Crippen LogP contribution in [0.4, 0.5) is 0 Å². The first-order chi connectivity index (χ1) is 6.09. The lowest BCUT2D eigenvalue weighted by molar-refractivity contribution is -0.119. The Morgan fingerprint density at radius 2 is 2.54 bits per heavy atom. The maximum Gasteiger partial charge on any atom is 0.216 e. The smallest absolute Gasteiger partial charge is 0.216 e. The number of aromatic amines is 2. The van der Waals surface area contributed by atoms with Gasteiger partial charge in [0.25, 0.3) is 0 Å². The van der Waals surface area contributed by atoms with Gasteiger partial charge in [0.1, 0.15) is 6.10 Å². The molecule has 0 saturated heterocycles. The van der Waals surface area contributed by atoms with E-state index in [1.807, 2.05) is 0 Å². The molecule has 4 N–H and O–H groups in total. The number of aliphatic hydroxyl groups excluding tert-OH is 1. The molecular weight excluding hydrogens is 192 g/mol. The van der Waals surface area contributed by atoms with Gasteiger partial charge in [-0.15, -0.1) is 0 Å². The Balaban J connectivity index is 2.53. The van der Waals surface area contributed by atoms with Crippen molar-refractivity contribution in [2.45, 2.75) is 13.0 Å². The first kappa shape index (κ1) is 9.87. The van der Waals surface area contributed by atoms with E-state index in [9.17, 15) is 9.90 Å². The third kappa shape index (κ3) is 2.96. The van der Waals surface area contributed by atoms with Crippen molar-refractivity contribution in [3.63, 3.8) is 0 Å². The number of aromatic nitrogens is 3. The minimum Gasteiger partial charge on any atom is -0.383 e. The molecule has 1 aromatic heterocycles. The second kappa shape index (κ2) is 4.15. The number of aliphatic hydroxyl groups is 1. The Labute approximate surface area is 79.4 Å². The van der Waals surface area contributed by atoms with E-state index in [4.69, 9.17) is 12.2 Å². The van der Waals surface area contributed by atoms with Crippen LogP contribution in [0, 0.1) is 4.77 Å². The van der Waals surface area contributed by atoms with Crippen molar-refractivity contribution in [1.82, 2.24) is 20.5 Å². The standard InChI is InChI=1S/C6H10N4O2S/c1-3(11)7-2-4(12)5-8-6(13)10-9-5/h4,12H,2H2,1H3,(H,7,11)(H2,8,9,10,13). The lowest BCUT2D eigenvalue weighted by Gasteiger charge is -2.06. The van der Waals surface area contributed by atoms with Gasteiger partial charge in [0.15, 0.2) is 10.6 Å². The number of carbonyl (C=O) groups is 1. The van der Waals surface area contributed by atoms with E-state index in [2.05, 4.69) is 20.5 Å². The van der Waals surface area contributed by atoms with Crippen LogP contribution in [0.15, 0.2) is 0 Å². The molecule has 0 aliphatic rings. The van der Waals surface area contributed by atoms with Crippen LogP contribution < -0.4 is 5.32 Å². The van der Waals surface area contributed by atoms with E-state index in [-0.39, 0.29) is 12.5 Å². The molecule has 0 aliphatic carbocycles. The minimum atomic E-state index is -0.864. The molecule has 7 heteroatoms. The molecule has 0 spiro atoms. The Morgan fingerprint density at radius 3 is 3.00 bits per heavy atom. The summed E-state index contributed by atoms with van der Waals surface area (Å²) in [7, 11) is 0. The molecule has 1 atom stereocenters. The molecular formula is C6H10N4O2S. The molecule has 6 nitrogen and oxygen atoms in total. The number of hydrogen-bond donors (Lipinski definition) is 4. The van der Waals surface area contributed by atoms with E-state index in [1.54, 1.807) is 0 Å². The summed E-state index contributed by atoms with van der Waals surface area (Å²) >= 11 is 4.72. The fourth-order valence-corrected chi connectivity index (χ4v) is 0.928. The van der Waals surface area contributed by atoms with Crippen LogP contribution in [0.2, 0.25) is 0 Å². The predicted molar refractivity (Wildman–Crippen MR) is 47.4 cm³/mol. The van der Waals surface area contributed by atoms with Crippen molar-refractivity contribution in [1.29, 1.82) is 0 Å². The summed E-state index contributed by atoms with van der Waals surface area (Å²) < 4.78 is 0.344. The van der Waals surface area contributed by atoms with Crippen LogP contribution in [0.1, 0.15) is 18.9 Å². The highest BCUT2D eigenvalue weighted by molar-refractivity contribution is 7.71. The molecule has 1 heterocycles. The largest absolute Gasteiger partial charge is 0.383 e. The van der Waals surface area contributed by atoms with Crippen LogP contribution in [-0.2, 0) is 4.79 Å². The first-order valence-electron chi connectivity index (χ1n) is 3.66. The van der Waals surface area contributed by atoms with Gasteiger partial charge in [-0.25, -0.2) is 0 Å². The van der Waals surface area contributed by atoms with Crippen LogP contribution in [-0.4, -0.2) is 32.7 Å². The topological polar surface area (TPSA) is 93.8 Å². The third-order valence-electron chi connectivity index (χ3n) is 1.38. The Morgan fingerprint density at radius 1 is 1.85 bits per heavy atom. The van der Waals surface area contributed by atoms with Crippen molar-refractivity contribution in [3.05, 3.63) is 10.6 Å². The van der Waals surface area contributed by atoms with Crippen molar-refractivity contribution in [2.75, 3.05) is 6.54 Å².